The lowest BCUT2D eigenvalue weighted by molar-refractivity contribution is -0.141. The zero-order valence-corrected chi connectivity index (χ0v) is 12.3. The van der Waals surface area contributed by atoms with Crippen LogP contribution >= 0.6 is 0 Å². The average Bonchev–Trinajstić information content (AvgIpc) is 3.07. The Bertz CT molecular complexity index is 423. The van der Waals surface area contributed by atoms with Crippen LogP contribution in [-0.2, 0) is 20.8 Å². The Balaban J connectivity index is 1.89. The van der Waals surface area contributed by atoms with Crippen LogP contribution in [0.5, 0.6) is 0 Å². The molecule has 1 saturated heterocycles. The molecule has 0 saturated carbocycles. The first-order valence-corrected chi connectivity index (χ1v) is 7.13. The van der Waals surface area contributed by atoms with Crippen LogP contribution in [0.25, 0.3) is 0 Å². The Hall–Kier alpha value is -1.33. The number of hydrogen-bond acceptors (Lipinski definition) is 5. The maximum Gasteiger partial charge on any atom is 0.306 e. The topological polar surface area (TPSA) is 51.9 Å². The van der Waals surface area contributed by atoms with Crippen molar-refractivity contribution in [3.05, 3.63) is 23.7 Å². The molecule has 0 aliphatic carbocycles. The Labute approximate surface area is 119 Å². The second-order valence-corrected chi connectivity index (χ2v) is 5.21. The van der Waals surface area contributed by atoms with Crippen LogP contribution < -0.4 is 0 Å². The van der Waals surface area contributed by atoms with Gasteiger partial charge in [0.15, 0.2) is 0 Å². The minimum absolute atomic E-state index is 0.182. The van der Waals surface area contributed by atoms with Crippen molar-refractivity contribution < 1.29 is 18.7 Å². The lowest BCUT2D eigenvalue weighted by Gasteiger charge is -2.23. The zero-order valence-electron chi connectivity index (χ0n) is 12.3. The van der Waals surface area contributed by atoms with E-state index in [9.17, 15) is 4.79 Å². The van der Waals surface area contributed by atoms with E-state index in [2.05, 4.69) is 4.90 Å². The molecule has 5 heteroatoms. The van der Waals surface area contributed by atoms with Gasteiger partial charge in [-0.1, -0.05) is 0 Å². The quantitative estimate of drug-likeness (QED) is 0.717. The van der Waals surface area contributed by atoms with Crippen LogP contribution in [0.15, 0.2) is 16.5 Å². The third kappa shape index (κ3) is 4.65. The van der Waals surface area contributed by atoms with Crippen LogP contribution in [0.1, 0.15) is 30.8 Å². The summed E-state index contributed by atoms with van der Waals surface area (Å²) in [6.45, 7) is 4.96. The molecule has 112 valence electrons. The lowest BCUT2D eigenvalue weighted by atomic mass is 10.2. The molecular formula is C15H23NO4. The zero-order chi connectivity index (χ0) is 14.4. The Morgan fingerprint density at radius 1 is 1.50 bits per heavy atom. The second-order valence-electron chi connectivity index (χ2n) is 5.21. The summed E-state index contributed by atoms with van der Waals surface area (Å²) < 4.78 is 16.0. The van der Waals surface area contributed by atoms with Gasteiger partial charge in [-0.25, -0.2) is 0 Å². The number of carbonyl (C=O) groups excluding carboxylic acids is 1. The fourth-order valence-corrected chi connectivity index (χ4v) is 2.45. The summed E-state index contributed by atoms with van der Waals surface area (Å²) in [6.07, 6.45) is 2.87. The van der Waals surface area contributed by atoms with Gasteiger partial charge in [-0.2, -0.15) is 0 Å². The summed E-state index contributed by atoms with van der Waals surface area (Å²) in [4.78, 5) is 13.5. The van der Waals surface area contributed by atoms with E-state index in [-0.39, 0.29) is 12.1 Å². The number of esters is 1. The number of nitrogens with zero attached hydrogens (tertiary/aromatic N) is 1. The van der Waals surface area contributed by atoms with Crippen molar-refractivity contribution in [3.8, 4) is 0 Å². The second kappa shape index (κ2) is 7.45. The number of ether oxygens (including phenoxy) is 2. The van der Waals surface area contributed by atoms with Crippen LogP contribution in [0, 0.1) is 6.92 Å². The minimum atomic E-state index is -0.182. The highest BCUT2D eigenvalue weighted by Crippen LogP contribution is 2.16. The van der Waals surface area contributed by atoms with Crippen molar-refractivity contribution in [2.45, 2.75) is 38.8 Å². The molecular weight excluding hydrogens is 258 g/mol. The van der Waals surface area contributed by atoms with E-state index in [1.807, 2.05) is 19.1 Å². The number of hydrogen-bond donors (Lipinski definition) is 0. The maximum absolute atomic E-state index is 11.3. The molecule has 1 aliphatic heterocycles. The summed E-state index contributed by atoms with van der Waals surface area (Å²) >= 11 is 0. The van der Waals surface area contributed by atoms with Gasteiger partial charge in [0.2, 0.25) is 0 Å². The predicted molar refractivity (Wildman–Crippen MR) is 74.3 cm³/mol. The van der Waals surface area contributed by atoms with Crippen molar-refractivity contribution in [1.82, 2.24) is 4.90 Å². The first-order chi connectivity index (χ1) is 9.67. The number of rotatable bonds is 7. The summed E-state index contributed by atoms with van der Waals surface area (Å²) in [6, 6.07) is 3.94. The standard InChI is InChI=1S/C15H23NO4/c1-12-5-6-14(20-12)11-16(8-7-15(17)18-2)10-13-4-3-9-19-13/h5-6,13H,3-4,7-11H2,1-2H3. The van der Waals surface area contributed by atoms with Crippen LogP contribution in [0.2, 0.25) is 0 Å². The number of furan rings is 1. The minimum Gasteiger partial charge on any atom is -0.469 e. The average molecular weight is 281 g/mol. The number of carbonyl (C=O) groups is 1. The molecule has 5 nitrogen and oxygen atoms in total. The maximum atomic E-state index is 11.3. The summed E-state index contributed by atoms with van der Waals surface area (Å²) in [5, 5.41) is 0. The third-order valence-corrected chi connectivity index (χ3v) is 3.52. The highest BCUT2D eigenvalue weighted by molar-refractivity contribution is 5.69. The van der Waals surface area contributed by atoms with Gasteiger partial charge in [0.05, 0.1) is 26.2 Å². The summed E-state index contributed by atoms with van der Waals surface area (Å²) in [7, 11) is 1.42. The van der Waals surface area contributed by atoms with Gasteiger partial charge in [-0.05, 0) is 31.9 Å². The first kappa shape index (κ1) is 15.1. The molecule has 2 rings (SSSR count). The van der Waals surface area contributed by atoms with Crippen molar-refractivity contribution >= 4 is 5.97 Å². The van der Waals surface area contributed by atoms with Gasteiger partial charge >= 0.3 is 5.97 Å². The van der Waals surface area contributed by atoms with E-state index >= 15 is 0 Å². The molecule has 0 bridgehead atoms. The van der Waals surface area contributed by atoms with Gasteiger partial charge in [0.1, 0.15) is 11.5 Å². The molecule has 0 aromatic carbocycles. The largest absolute Gasteiger partial charge is 0.469 e. The molecule has 1 unspecified atom stereocenters. The van der Waals surface area contributed by atoms with Gasteiger partial charge in [-0.15, -0.1) is 0 Å². The van der Waals surface area contributed by atoms with Crippen molar-refractivity contribution in [1.29, 1.82) is 0 Å². The normalized spacial score (nSPS) is 18.6. The molecule has 0 radical (unpaired) electrons. The fraction of sp³-hybridized carbons (Fsp3) is 0.667. The summed E-state index contributed by atoms with van der Waals surface area (Å²) in [5.74, 6) is 1.65. The molecule has 20 heavy (non-hydrogen) atoms. The number of methoxy groups -OCH3 is 1. The summed E-state index contributed by atoms with van der Waals surface area (Å²) in [5.41, 5.74) is 0. The van der Waals surface area contributed by atoms with Gasteiger partial charge in [0.25, 0.3) is 0 Å². The van der Waals surface area contributed by atoms with E-state index in [0.29, 0.717) is 19.5 Å². The molecule has 1 aromatic heterocycles. The molecule has 1 aromatic rings. The van der Waals surface area contributed by atoms with Crippen LogP contribution in [-0.4, -0.2) is 43.8 Å². The monoisotopic (exact) mass is 281 g/mol. The smallest absolute Gasteiger partial charge is 0.306 e. The van der Waals surface area contributed by atoms with E-state index < -0.39 is 0 Å². The Morgan fingerprint density at radius 3 is 2.95 bits per heavy atom. The van der Waals surface area contributed by atoms with Gasteiger partial charge < -0.3 is 13.9 Å². The highest BCUT2D eigenvalue weighted by atomic mass is 16.5. The molecule has 1 atom stereocenters. The Morgan fingerprint density at radius 2 is 2.35 bits per heavy atom. The Kier molecular flexibility index (Phi) is 5.61. The van der Waals surface area contributed by atoms with E-state index in [1.54, 1.807) is 0 Å². The molecule has 1 aliphatic rings. The number of aryl methyl sites for hydroxylation is 1. The first-order valence-electron chi connectivity index (χ1n) is 7.13. The van der Waals surface area contributed by atoms with Crippen molar-refractivity contribution in [2.24, 2.45) is 0 Å². The molecule has 1 fully saturated rings. The van der Waals surface area contributed by atoms with Gasteiger partial charge in [0, 0.05) is 19.7 Å². The van der Waals surface area contributed by atoms with E-state index in [0.717, 1.165) is 37.5 Å². The van der Waals surface area contributed by atoms with Crippen molar-refractivity contribution in [2.75, 3.05) is 26.8 Å². The molecule has 0 amide bonds. The highest BCUT2D eigenvalue weighted by Gasteiger charge is 2.20. The lowest BCUT2D eigenvalue weighted by Crippen LogP contribution is -2.33. The van der Waals surface area contributed by atoms with E-state index in [1.165, 1.54) is 7.11 Å². The van der Waals surface area contributed by atoms with Crippen LogP contribution in [0.3, 0.4) is 0 Å². The van der Waals surface area contributed by atoms with E-state index in [4.69, 9.17) is 13.9 Å². The molecule has 0 spiro atoms. The van der Waals surface area contributed by atoms with Crippen LogP contribution in [0.4, 0.5) is 0 Å². The third-order valence-electron chi connectivity index (χ3n) is 3.52. The molecule has 0 N–H and O–H groups in total. The fourth-order valence-electron chi connectivity index (χ4n) is 2.45. The van der Waals surface area contributed by atoms with Crippen molar-refractivity contribution in [3.63, 3.8) is 0 Å². The predicted octanol–water partition coefficient (Wildman–Crippen LogP) is 2.13. The van der Waals surface area contributed by atoms with Gasteiger partial charge in [-0.3, -0.25) is 9.69 Å². The molecule has 2 heterocycles. The SMILES string of the molecule is COC(=O)CCN(Cc1ccc(C)o1)CC1CCCO1.